The monoisotopic (exact) mass is 217 g/mol. The van der Waals surface area contributed by atoms with Crippen molar-refractivity contribution in [3.63, 3.8) is 0 Å². The summed E-state index contributed by atoms with van der Waals surface area (Å²) >= 11 is 0. The Bertz CT molecular complexity index is 138. The molecule has 0 bridgehead atoms. The first-order valence-corrected chi connectivity index (χ1v) is 5.91. The van der Waals surface area contributed by atoms with Crippen LogP contribution in [0, 0.1) is 11.8 Å². The number of likely N-dealkylation sites (N-methyl/N-ethyl adjacent to an activating group) is 1. The smallest absolute Gasteiger partial charge is 0.0723 e. The summed E-state index contributed by atoms with van der Waals surface area (Å²) in [7, 11) is 1.95. The first-order valence-electron chi connectivity index (χ1n) is 5.91. The van der Waals surface area contributed by atoms with Gasteiger partial charge in [-0.25, -0.2) is 0 Å². The van der Waals surface area contributed by atoms with Gasteiger partial charge in [-0.05, 0) is 18.9 Å². The van der Waals surface area contributed by atoms with Crippen molar-refractivity contribution < 1.29 is 9.47 Å². The van der Waals surface area contributed by atoms with Crippen LogP contribution in [-0.2, 0) is 9.47 Å². The Labute approximate surface area is 94.5 Å². The second kappa shape index (κ2) is 9.13. The third-order valence-corrected chi connectivity index (χ3v) is 2.16. The second-order valence-electron chi connectivity index (χ2n) is 4.68. The standard InChI is InChI=1S/C12H27NO2/c1-10(2)9-14-6-7-15-12(8-13-5)11(3)4/h10-13H,6-9H2,1-5H3. The Kier molecular flexibility index (Phi) is 9.06. The molecule has 1 unspecified atom stereocenters. The predicted octanol–water partition coefficient (Wildman–Crippen LogP) is 1.92. The van der Waals surface area contributed by atoms with E-state index in [-0.39, 0.29) is 6.10 Å². The van der Waals surface area contributed by atoms with Gasteiger partial charge >= 0.3 is 0 Å². The normalized spacial score (nSPS) is 13.8. The van der Waals surface area contributed by atoms with Crippen LogP contribution in [0.5, 0.6) is 0 Å². The number of hydrogen-bond donors (Lipinski definition) is 1. The summed E-state index contributed by atoms with van der Waals surface area (Å²) in [5.74, 6) is 1.14. The van der Waals surface area contributed by atoms with Crippen molar-refractivity contribution in [3.05, 3.63) is 0 Å². The summed E-state index contributed by atoms with van der Waals surface area (Å²) in [6.45, 7) is 11.8. The topological polar surface area (TPSA) is 30.5 Å². The molecule has 1 N–H and O–H groups in total. The predicted molar refractivity (Wildman–Crippen MR) is 64.2 cm³/mol. The summed E-state index contributed by atoms with van der Waals surface area (Å²) < 4.78 is 11.2. The van der Waals surface area contributed by atoms with E-state index in [0.29, 0.717) is 25.0 Å². The van der Waals surface area contributed by atoms with Crippen LogP contribution in [0.15, 0.2) is 0 Å². The largest absolute Gasteiger partial charge is 0.379 e. The third-order valence-electron chi connectivity index (χ3n) is 2.16. The second-order valence-corrected chi connectivity index (χ2v) is 4.68. The molecule has 0 amide bonds. The van der Waals surface area contributed by atoms with Gasteiger partial charge < -0.3 is 14.8 Å². The molecule has 0 aliphatic carbocycles. The van der Waals surface area contributed by atoms with Crippen molar-refractivity contribution in [3.8, 4) is 0 Å². The van der Waals surface area contributed by atoms with Crippen molar-refractivity contribution in [2.75, 3.05) is 33.4 Å². The zero-order valence-corrected chi connectivity index (χ0v) is 10.9. The lowest BCUT2D eigenvalue weighted by Gasteiger charge is -2.21. The van der Waals surface area contributed by atoms with Crippen molar-refractivity contribution in [1.82, 2.24) is 5.32 Å². The molecule has 0 saturated carbocycles. The minimum absolute atomic E-state index is 0.289. The quantitative estimate of drug-likeness (QED) is 0.599. The van der Waals surface area contributed by atoms with Crippen LogP contribution in [0.2, 0.25) is 0 Å². The van der Waals surface area contributed by atoms with Crippen LogP contribution in [0.4, 0.5) is 0 Å². The Hall–Kier alpha value is -0.120. The lowest BCUT2D eigenvalue weighted by molar-refractivity contribution is -0.0173. The van der Waals surface area contributed by atoms with Crippen molar-refractivity contribution in [2.24, 2.45) is 11.8 Å². The molecule has 92 valence electrons. The molecule has 0 heterocycles. The van der Waals surface area contributed by atoms with E-state index < -0.39 is 0 Å². The maximum Gasteiger partial charge on any atom is 0.0723 e. The first-order chi connectivity index (χ1) is 7.07. The molecule has 0 radical (unpaired) electrons. The maximum atomic E-state index is 5.74. The van der Waals surface area contributed by atoms with Crippen molar-refractivity contribution in [1.29, 1.82) is 0 Å². The van der Waals surface area contributed by atoms with Crippen LogP contribution in [-0.4, -0.2) is 39.5 Å². The molecule has 3 heteroatoms. The van der Waals surface area contributed by atoms with E-state index in [9.17, 15) is 0 Å². The molecule has 0 aliphatic rings. The van der Waals surface area contributed by atoms with Gasteiger partial charge in [-0.3, -0.25) is 0 Å². The maximum absolute atomic E-state index is 5.74. The summed E-state index contributed by atoms with van der Waals surface area (Å²) in [4.78, 5) is 0. The van der Waals surface area contributed by atoms with Gasteiger partial charge in [-0.15, -0.1) is 0 Å². The van der Waals surface area contributed by atoms with Gasteiger partial charge in [-0.2, -0.15) is 0 Å². The van der Waals surface area contributed by atoms with Crippen LogP contribution in [0.3, 0.4) is 0 Å². The molecule has 0 fully saturated rings. The zero-order chi connectivity index (χ0) is 11.7. The summed E-state index contributed by atoms with van der Waals surface area (Å²) in [6, 6.07) is 0. The molecule has 0 rings (SSSR count). The van der Waals surface area contributed by atoms with Crippen LogP contribution < -0.4 is 5.32 Å². The van der Waals surface area contributed by atoms with Crippen molar-refractivity contribution >= 4 is 0 Å². The molecule has 1 atom stereocenters. The summed E-state index contributed by atoms with van der Waals surface area (Å²) in [5.41, 5.74) is 0. The Morgan fingerprint density at radius 2 is 1.73 bits per heavy atom. The van der Waals surface area contributed by atoms with Crippen molar-refractivity contribution in [2.45, 2.75) is 33.8 Å². The van der Waals surface area contributed by atoms with Crippen LogP contribution in [0.25, 0.3) is 0 Å². The molecule has 0 saturated heterocycles. The highest BCUT2D eigenvalue weighted by Gasteiger charge is 2.12. The summed E-state index contributed by atoms with van der Waals surface area (Å²) in [6.07, 6.45) is 0.289. The Morgan fingerprint density at radius 3 is 2.20 bits per heavy atom. The van der Waals surface area contributed by atoms with Crippen LogP contribution >= 0.6 is 0 Å². The molecular formula is C12H27NO2. The molecule has 3 nitrogen and oxygen atoms in total. The lowest BCUT2D eigenvalue weighted by atomic mass is 10.1. The number of nitrogens with one attached hydrogen (secondary N) is 1. The fraction of sp³-hybridized carbons (Fsp3) is 1.00. The summed E-state index contributed by atoms with van der Waals surface area (Å²) in [5, 5.41) is 3.14. The fourth-order valence-electron chi connectivity index (χ4n) is 1.27. The van der Waals surface area contributed by atoms with E-state index in [1.165, 1.54) is 0 Å². The minimum Gasteiger partial charge on any atom is -0.379 e. The number of rotatable bonds is 9. The fourth-order valence-corrected chi connectivity index (χ4v) is 1.27. The SMILES string of the molecule is CNCC(OCCOCC(C)C)C(C)C. The molecule has 15 heavy (non-hydrogen) atoms. The first kappa shape index (κ1) is 14.9. The van der Waals surface area contributed by atoms with Gasteiger partial charge in [0.15, 0.2) is 0 Å². The van der Waals surface area contributed by atoms with Gasteiger partial charge in [0, 0.05) is 13.2 Å². The Balaban J connectivity index is 3.45. The highest BCUT2D eigenvalue weighted by atomic mass is 16.5. The van der Waals surface area contributed by atoms with E-state index in [0.717, 1.165) is 13.2 Å². The average molecular weight is 217 g/mol. The van der Waals surface area contributed by atoms with E-state index in [1.807, 2.05) is 7.05 Å². The van der Waals surface area contributed by atoms with E-state index in [1.54, 1.807) is 0 Å². The minimum atomic E-state index is 0.289. The zero-order valence-electron chi connectivity index (χ0n) is 10.9. The van der Waals surface area contributed by atoms with Gasteiger partial charge in [0.2, 0.25) is 0 Å². The molecule has 0 aromatic rings. The molecule has 0 spiro atoms. The molecular weight excluding hydrogens is 190 g/mol. The van der Waals surface area contributed by atoms with Gasteiger partial charge in [-0.1, -0.05) is 27.7 Å². The number of ether oxygens (including phenoxy) is 2. The number of hydrogen-bond acceptors (Lipinski definition) is 3. The third kappa shape index (κ3) is 8.85. The highest BCUT2D eigenvalue weighted by Crippen LogP contribution is 2.05. The molecule has 0 aliphatic heterocycles. The molecule has 0 aromatic heterocycles. The van der Waals surface area contributed by atoms with E-state index >= 15 is 0 Å². The van der Waals surface area contributed by atoms with Gasteiger partial charge in [0.05, 0.1) is 19.3 Å². The van der Waals surface area contributed by atoms with E-state index in [2.05, 4.69) is 33.0 Å². The van der Waals surface area contributed by atoms with E-state index in [4.69, 9.17) is 9.47 Å². The van der Waals surface area contributed by atoms with Crippen LogP contribution in [0.1, 0.15) is 27.7 Å². The van der Waals surface area contributed by atoms with Gasteiger partial charge in [0.25, 0.3) is 0 Å². The van der Waals surface area contributed by atoms with Gasteiger partial charge in [0.1, 0.15) is 0 Å². The Morgan fingerprint density at radius 1 is 1.07 bits per heavy atom. The molecule has 0 aromatic carbocycles. The highest BCUT2D eigenvalue weighted by molar-refractivity contribution is 4.64. The average Bonchev–Trinajstić information content (AvgIpc) is 2.15. The lowest BCUT2D eigenvalue weighted by Crippen LogP contribution is -2.32.